The van der Waals surface area contributed by atoms with Gasteiger partial charge in [0.15, 0.2) is 0 Å². The molecule has 1 aliphatic rings. The van der Waals surface area contributed by atoms with Crippen molar-refractivity contribution >= 4 is 5.97 Å². The lowest BCUT2D eigenvalue weighted by Crippen LogP contribution is -2.38. The van der Waals surface area contributed by atoms with Crippen molar-refractivity contribution in [1.29, 1.82) is 0 Å². The molecular weight excluding hydrogens is 132 g/mol. The van der Waals surface area contributed by atoms with Gasteiger partial charge in [-0.25, -0.2) is 0 Å². The van der Waals surface area contributed by atoms with Gasteiger partial charge in [0.2, 0.25) is 0 Å². The number of nitrogens with two attached hydrogens (primary N) is 1. The van der Waals surface area contributed by atoms with Crippen molar-refractivity contribution in [2.24, 2.45) is 11.7 Å². The van der Waals surface area contributed by atoms with Crippen molar-refractivity contribution < 1.29 is 9.90 Å². The van der Waals surface area contributed by atoms with Gasteiger partial charge in [0.05, 0.1) is 0 Å². The van der Waals surface area contributed by atoms with Crippen LogP contribution in [0.25, 0.3) is 0 Å². The van der Waals surface area contributed by atoms with E-state index in [4.69, 9.17) is 10.8 Å². The van der Waals surface area contributed by atoms with Gasteiger partial charge in [-0.05, 0) is 18.9 Å². The van der Waals surface area contributed by atoms with Crippen LogP contribution in [-0.2, 0) is 4.79 Å². The molecule has 1 rings (SSSR count). The first kappa shape index (κ1) is 7.50. The van der Waals surface area contributed by atoms with Gasteiger partial charge in [0, 0.05) is 6.54 Å². The molecule has 0 aromatic rings. The van der Waals surface area contributed by atoms with Crippen molar-refractivity contribution in [2.75, 3.05) is 13.1 Å². The average Bonchev–Trinajstić information content (AvgIpc) is 2.36. The Kier molecular flexibility index (Phi) is 2.24. The van der Waals surface area contributed by atoms with Crippen LogP contribution in [0.15, 0.2) is 0 Å². The predicted molar refractivity (Wildman–Crippen MR) is 36.6 cm³/mol. The van der Waals surface area contributed by atoms with Crippen molar-refractivity contribution in [3.05, 3.63) is 0 Å². The Bertz CT molecular complexity index is 132. The minimum absolute atomic E-state index is 0.123. The molecule has 0 radical (unpaired) electrons. The molecule has 0 bridgehead atoms. The summed E-state index contributed by atoms with van der Waals surface area (Å²) < 4.78 is 0. The number of carboxylic acids is 1. The molecule has 0 aliphatic carbocycles. The highest BCUT2D eigenvalue weighted by Crippen LogP contribution is 2.10. The summed E-state index contributed by atoms with van der Waals surface area (Å²) in [5.41, 5.74) is 5.38. The van der Waals surface area contributed by atoms with Crippen LogP contribution in [0.4, 0.5) is 0 Å². The molecule has 0 unspecified atom stereocenters. The summed E-state index contributed by atoms with van der Waals surface area (Å²) in [6.45, 7) is 1.64. The minimum atomic E-state index is -0.895. The lowest BCUT2D eigenvalue weighted by Gasteiger charge is -2.11. The molecule has 0 aromatic carbocycles. The first-order valence-corrected chi connectivity index (χ1v) is 3.41. The highest BCUT2D eigenvalue weighted by molar-refractivity contribution is 5.73. The molecule has 4 heteroatoms. The summed E-state index contributed by atoms with van der Waals surface area (Å²) in [6, 6.07) is -0.685. The van der Waals surface area contributed by atoms with Crippen LogP contribution < -0.4 is 11.1 Å². The van der Waals surface area contributed by atoms with E-state index in [-0.39, 0.29) is 5.92 Å². The molecule has 0 saturated carbocycles. The maximum atomic E-state index is 10.3. The number of nitrogens with one attached hydrogen (secondary N) is 1. The highest BCUT2D eigenvalue weighted by atomic mass is 16.4. The van der Waals surface area contributed by atoms with Crippen LogP contribution in [0.5, 0.6) is 0 Å². The molecule has 2 atom stereocenters. The Morgan fingerprint density at radius 3 is 2.90 bits per heavy atom. The SMILES string of the molecule is N[C@H](C(=O)O)[C@@H]1CCNC1. The first-order valence-electron chi connectivity index (χ1n) is 3.41. The molecule has 0 amide bonds. The molecule has 58 valence electrons. The first-order chi connectivity index (χ1) is 4.72. The molecule has 1 heterocycles. The zero-order valence-electron chi connectivity index (χ0n) is 5.71. The van der Waals surface area contributed by atoms with Crippen LogP contribution in [-0.4, -0.2) is 30.2 Å². The fraction of sp³-hybridized carbons (Fsp3) is 0.833. The number of hydrogen-bond acceptors (Lipinski definition) is 3. The standard InChI is InChI=1S/C6H12N2O2/c7-5(6(9)10)4-1-2-8-3-4/h4-5,8H,1-3,7H2,(H,9,10)/t4-,5+/m1/s1. The molecule has 10 heavy (non-hydrogen) atoms. The van der Waals surface area contributed by atoms with E-state index in [0.717, 1.165) is 19.5 Å². The Morgan fingerprint density at radius 2 is 2.50 bits per heavy atom. The van der Waals surface area contributed by atoms with E-state index in [1.165, 1.54) is 0 Å². The van der Waals surface area contributed by atoms with E-state index in [1.807, 2.05) is 0 Å². The van der Waals surface area contributed by atoms with Crippen LogP contribution in [0, 0.1) is 5.92 Å². The zero-order chi connectivity index (χ0) is 7.56. The summed E-state index contributed by atoms with van der Waals surface area (Å²) in [7, 11) is 0. The fourth-order valence-corrected chi connectivity index (χ4v) is 1.19. The summed E-state index contributed by atoms with van der Waals surface area (Å²) in [5.74, 6) is -0.772. The van der Waals surface area contributed by atoms with Gasteiger partial charge in [0.1, 0.15) is 6.04 Å². The number of aliphatic carboxylic acids is 1. The third-order valence-corrected chi connectivity index (χ3v) is 1.89. The van der Waals surface area contributed by atoms with Gasteiger partial charge in [-0.3, -0.25) is 4.79 Å². The van der Waals surface area contributed by atoms with Gasteiger partial charge in [-0.15, -0.1) is 0 Å². The molecule has 0 aromatic heterocycles. The molecule has 1 fully saturated rings. The molecule has 1 aliphatic heterocycles. The molecular formula is C6H12N2O2. The summed E-state index contributed by atoms with van der Waals surface area (Å²) >= 11 is 0. The molecule has 4 N–H and O–H groups in total. The smallest absolute Gasteiger partial charge is 0.320 e. The van der Waals surface area contributed by atoms with E-state index >= 15 is 0 Å². The van der Waals surface area contributed by atoms with Crippen molar-refractivity contribution in [2.45, 2.75) is 12.5 Å². The topological polar surface area (TPSA) is 75.4 Å². The van der Waals surface area contributed by atoms with Gasteiger partial charge in [-0.2, -0.15) is 0 Å². The summed E-state index contributed by atoms with van der Waals surface area (Å²) in [4.78, 5) is 10.3. The number of hydrogen-bond donors (Lipinski definition) is 3. The normalized spacial score (nSPS) is 28.3. The van der Waals surface area contributed by atoms with Crippen LogP contribution in [0.1, 0.15) is 6.42 Å². The van der Waals surface area contributed by atoms with Crippen molar-refractivity contribution in [3.63, 3.8) is 0 Å². The molecule has 4 nitrogen and oxygen atoms in total. The minimum Gasteiger partial charge on any atom is -0.480 e. The van der Waals surface area contributed by atoms with Crippen LogP contribution in [0.2, 0.25) is 0 Å². The number of rotatable bonds is 2. The Balaban J connectivity index is 2.39. The second kappa shape index (κ2) is 2.98. The lowest BCUT2D eigenvalue weighted by molar-refractivity contribution is -0.139. The third kappa shape index (κ3) is 1.46. The van der Waals surface area contributed by atoms with Crippen LogP contribution >= 0.6 is 0 Å². The van der Waals surface area contributed by atoms with Crippen LogP contribution in [0.3, 0.4) is 0 Å². The maximum absolute atomic E-state index is 10.3. The van der Waals surface area contributed by atoms with E-state index in [1.54, 1.807) is 0 Å². The summed E-state index contributed by atoms with van der Waals surface area (Å²) in [6.07, 6.45) is 0.882. The predicted octanol–water partition coefficient (Wildman–Crippen LogP) is -0.992. The maximum Gasteiger partial charge on any atom is 0.320 e. The van der Waals surface area contributed by atoms with Gasteiger partial charge in [-0.1, -0.05) is 0 Å². The highest BCUT2D eigenvalue weighted by Gasteiger charge is 2.26. The molecule has 1 saturated heterocycles. The van der Waals surface area contributed by atoms with Gasteiger partial charge < -0.3 is 16.2 Å². The Labute approximate surface area is 59.4 Å². The van der Waals surface area contributed by atoms with E-state index in [2.05, 4.69) is 5.32 Å². The van der Waals surface area contributed by atoms with Crippen molar-refractivity contribution in [3.8, 4) is 0 Å². The quantitative estimate of drug-likeness (QED) is 0.465. The average molecular weight is 144 g/mol. The Morgan fingerprint density at radius 1 is 1.80 bits per heavy atom. The second-order valence-corrected chi connectivity index (χ2v) is 2.62. The van der Waals surface area contributed by atoms with E-state index in [0.29, 0.717) is 0 Å². The monoisotopic (exact) mass is 144 g/mol. The van der Waals surface area contributed by atoms with Gasteiger partial charge >= 0.3 is 5.97 Å². The fourth-order valence-electron chi connectivity index (χ4n) is 1.19. The van der Waals surface area contributed by atoms with E-state index < -0.39 is 12.0 Å². The number of carboxylic acid groups (broad SMARTS) is 1. The third-order valence-electron chi connectivity index (χ3n) is 1.89. The lowest BCUT2D eigenvalue weighted by atomic mass is 10.0. The van der Waals surface area contributed by atoms with E-state index in [9.17, 15) is 4.79 Å². The summed E-state index contributed by atoms with van der Waals surface area (Å²) in [5, 5.41) is 11.6. The molecule has 0 spiro atoms. The van der Waals surface area contributed by atoms with Crippen molar-refractivity contribution in [1.82, 2.24) is 5.32 Å². The number of carbonyl (C=O) groups is 1. The van der Waals surface area contributed by atoms with Gasteiger partial charge in [0.25, 0.3) is 0 Å². The Hall–Kier alpha value is -0.610. The largest absolute Gasteiger partial charge is 0.480 e. The second-order valence-electron chi connectivity index (χ2n) is 2.62. The zero-order valence-corrected chi connectivity index (χ0v) is 5.71.